The molecule has 1 unspecified atom stereocenters. The monoisotopic (exact) mass is 643 g/mol. The van der Waals surface area contributed by atoms with E-state index in [2.05, 4.69) is 16.0 Å². The highest BCUT2D eigenvalue weighted by Gasteiger charge is 2.23. The number of anilines is 2. The van der Waals surface area contributed by atoms with Crippen LogP contribution < -0.4 is 25.4 Å². The van der Waals surface area contributed by atoms with Crippen LogP contribution in [0.1, 0.15) is 26.7 Å². The number of hydrogen-bond donors (Lipinski definition) is 3. The Hall–Kier alpha value is -5.80. The second-order valence-corrected chi connectivity index (χ2v) is 11.4. The van der Waals surface area contributed by atoms with Crippen molar-refractivity contribution >= 4 is 46.9 Å². The lowest BCUT2D eigenvalue weighted by Gasteiger charge is -2.18. The van der Waals surface area contributed by atoms with Crippen LogP contribution in [-0.2, 0) is 9.59 Å². The smallest absolute Gasteiger partial charge is 0.272 e. The van der Waals surface area contributed by atoms with Gasteiger partial charge in [-0.2, -0.15) is 0 Å². The molecule has 47 heavy (non-hydrogen) atoms. The van der Waals surface area contributed by atoms with E-state index in [-0.39, 0.29) is 11.6 Å². The first-order valence-electron chi connectivity index (χ1n) is 14.7. The van der Waals surface area contributed by atoms with E-state index in [9.17, 15) is 14.4 Å². The molecule has 0 aromatic heterocycles. The van der Waals surface area contributed by atoms with Gasteiger partial charge in [-0.3, -0.25) is 14.4 Å². The number of carbonyl (C=O) groups excluding carboxylic acids is 3. The van der Waals surface area contributed by atoms with Crippen LogP contribution in [0.2, 0.25) is 0 Å². The van der Waals surface area contributed by atoms with Gasteiger partial charge in [-0.05, 0) is 77.9 Å². The molecule has 3 amide bonds. The molecule has 9 heteroatoms. The van der Waals surface area contributed by atoms with Gasteiger partial charge in [0.05, 0.1) is 14.2 Å². The van der Waals surface area contributed by atoms with Crippen molar-refractivity contribution in [2.75, 3.05) is 24.9 Å². The topological polar surface area (TPSA) is 106 Å². The first-order valence-corrected chi connectivity index (χ1v) is 15.6. The summed E-state index contributed by atoms with van der Waals surface area (Å²) in [4.78, 5) is 40.8. The van der Waals surface area contributed by atoms with Crippen molar-refractivity contribution in [1.82, 2.24) is 5.32 Å². The number of thioether (sulfide) groups is 1. The summed E-state index contributed by atoms with van der Waals surface area (Å²) >= 11 is 1.39. The lowest BCUT2D eigenvalue weighted by Crippen LogP contribution is -2.30. The molecular weight excluding hydrogens is 611 g/mol. The van der Waals surface area contributed by atoms with E-state index in [1.54, 1.807) is 81.0 Å². The van der Waals surface area contributed by atoms with Gasteiger partial charge in [-0.1, -0.05) is 66.7 Å². The number of benzene rings is 5. The van der Waals surface area contributed by atoms with Gasteiger partial charge in [0.15, 0.2) is 0 Å². The molecule has 5 aromatic rings. The molecule has 236 valence electrons. The summed E-state index contributed by atoms with van der Waals surface area (Å²) in [5.74, 6) is 0.156. The van der Waals surface area contributed by atoms with Crippen molar-refractivity contribution in [1.29, 1.82) is 0 Å². The predicted molar refractivity (Wildman–Crippen MR) is 187 cm³/mol. The zero-order valence-electron chi connectivity index (χ0n) is 25.8. The fourth-order valence-electron chi connectivity index (χ4n) is 4.60. The van der Waals surface area contributed by atoms with Crippen molar-refractivity contribution in [3.63, 3.8) is 0 Å². The molecule has 0 aliphatic heterocycles. The fourth-order valence-corrected chi connectivity index (χ4v) is 5.63. The Kier molecular flexibility index (Phi) is 11.1. The van der Waals surface area contributed by atoms with Gasteiger partial charge in [0.1, 0.15) is 22.4 Å². The van der Waals surface area contributed by atoms with Crippen molar-refractivity contribution in [3.05, 3.63) is 156 Å². The third-order valence-electron chi connectivity index (χ3n) is 6.98. The number of carbonyl (C=O) groups is 3. The van der Waals surface area contributed by atoms with Crippen LogP contribution in [0.5, 0.6) is 11.5 Å². The highest BCUT2D eigenvalue weighted by molar-refractivity contribution is 8.00. The molecule has 0 saturated carbocycles. The Morgan fingerprint density at radius 2 is 1.30 bits per heavy atom. The van der Waals surface area contributed by atoms with Crippen molar-refractivity contribution in [3.8, 4) is 11.5 Å². The van der Waals surface area contributed by atoms with E-state index in [1.807, 2.05) is 72.8 Å². The Labute approximate surface area is 277 Å². The zero-order valence-corrected chi connectivity index (χ0v) is 26.6. The number of nitrogens with one attached hydrogen (secondary N) is 3. The average Bonchev–Trinajstić information content (AvgIpc) is 3.11. The van der Waals surface area contributed by atoms with Crippen LogP contribution in [0.15, 0.2) is 144 Å². The zero-order chi connectivity index (χ0) is 33.0. The van der Waals surface area contributed by atoms with E-state index in [1.165, 1.54) is 11.8 Å². The molecule has 8 nitrogen and oxygen atoms in total. The second kappa shape index (κ2) is 16.0. The third kappa shape index (κ3) is 9.12. The highest BCUT2D eigenvalue weighted by Crippen LogP contribution is 2.37. The van der Waals surface area contributed by atoms with Crippen LogP contribution in [0.4, 0.5) is 11.4 Å². The first-order chi connectivity index (χ1) is 22.9. The summed E-state index contributed by atoms with van der Waals surface area (Å²) in [5, 5.41) is 8.07. The van der Waals surface area contributed by atoms with Crippen molar-refractivity contribution < 1.29 is 23.9 Å². The molecule has 0 heterocycles. The summed E-state index contributed by atoms with van der Waals surface area (Å²) in [7, 11) is 3.14. The lowest BCUT2D eigenvalue weighted by atomic mass is 10.1. The molecule has 0 radical (unpaired) electrons. The maximum atomic E-state index is 13.5. The fraction of sp³-hybridized carbons (Fsp3) is 0.0789. The lowest BCUT2D eigenvalue weighted by molar-refractivity contribution is -0.116. The molecule has 0 aliphatic rings. The number of ether oxygens (including phenoxy) is 2. The quantitative estimate of drug-likeness (QED) is 0.0956. The minimum Gasteiger partial charge on any atom is -0.497 e. The Balaban J connectivity index is 1.33. The summed E-state index contributed by atoms with van der Waals surface area (Å²) in [6.07, 6.45) is 1.59. The number of hydrogen-bond acceptors (Lipinski definition) is 6. The molecule has 1 atom stereocenters. The molecule has 0 fully saturated rings. The van der Waals surface area contributed by atoms with Gasteiger partial charge in [-0.25, -0.2) is 0 Å². The number of amides is 3. The Morgan fingerprint density at radius 1 is 0.660 bits per heavy atom. The maximum Gasteiger partial charge on any atom is 0.272 e. The van der Waals surface area contributed by atoms with Crippen LogP contribution >= 0.6 is 11.8 Å². The number of rotatable bonds is 12. The van der Waals surface area contributed by atoms with E-state index in [0.717, 1.165) is 10.5 Å². The standard InChI is InChI=1S/C38H33N3O5S/c1-45-31-17-9-11-26(23-31)24-34(41-36(42)28-14-7-4-8-15-28)37(43)39-29-19-21-33(22-20-29)47-35(27-12-5-3-6-13-27)38(44)40-30-16-10-18-32(25-30)46-2/h3-25,35H,1-2H3,(H,39,43)(H,40,44)(H,41,42)/b34-24-. The Bertz CT molecular complexity index is 1860. The number of methoxy groups -OCH3 is 2. The summed E-state index contributed by atoms with van der Waals surface area (Å²) in [5.41, 5.74) is 3.14. The molecule has 0 saturated heterocycles. The summed E-state index contributed by atoms with van der Waals surface area (Å²) < 4.78 is 10.6. The molecule has 5 aromatic carbocycles. The normalized spacial score (nSPS) is 11.6. The van der Waals surface area contributed by atoms with Crippen LogP contribution in [-0.4, -0.2) is 31.9 Å². The summed E-state index contributed by atoms with van der Waals surface area (Å²) in [6.45, 7) is 0. The van der Waals surface area contributed by atoms with Crippen LogP contribution in [0.25, 0.3) is 6.08 Å². The van der Waals surface area contributed by atoms with E-state index in [4.69, 9.17) is 9.47 Å². The van der Waals surface area contributed by atoms with Crippen molar-refractivity contribution in [2.45, 2.75) is 10.1 Å². The van der Waals surface area contributed by atoms with Gasteiger partial charge >= 0.3 is 0 Å². The molecular formula is C38H33N3O5S. The van der Waals surface area contributed by atoms with Gasteiger partial charge in [-0.15, -0.1) is 11.8 Å². The maximum absolute atomic E-state index is 13.5. The first kappa shape index (κ1) is 32.6. The molecule has 0 bridgehead atoms. The second-order valence-electron chi connectivity index (χ2n) is 10.3. The molecule has 0 spiro atoms. The van der Waals surface area contributed by atoms with E-state index >= 15 is 0 Å². The highest BCUT2D eigenvalue weighted by atomic mass is 32.2. The largest absolute Gasteiger partial charge is 0.497 e. The van der Waals surface area contributed by atoms with Crippen LogP contribution in [0.3, 0.4) is 0 Å². The Morgan fingerprint density at radius 3 is 1.98 bits per heavy atom. The SMILES string of the molecule is COc1cccc(/C=C(\NC(=O)c2ccccc2)C(=O)Nc2ccc(SC(C(=O)Nc3cccc(OC)c3)c3ccccc3)cc2)c1. The molecule has 0 aliphatic carbocycles. The van der Waals surface area contributed by atoms with Gasteiger partial charge in [0.2, 0.25) is 5.91 Å². The van der Waals surface area contributed by atoms with Crippen LogP contribution in [0, 0.1) is 0 Å². The molecule has 5 rings (SSSR count). The third-order valence-corrected chi connectivity index (χ3v) is 8.24. The van der Waals surface area contributed by atoms with E-state index < -0.39 is 17.1 Å². The minimum absolute atomic E-state index is 0.0592. The van der Waals surface area contributed by atoms with E-state index in [0.29, 0.717) is 34.0 Å². The van der Waals surface area contributed by atoms with Gasteiger partial charge in [0, 0.05) is 27.9 Å². The predicted octanol–water partition coefficient (Wildman–Crippen LogP) is 7.59. The average molecular weight is 644 g/mol. The molecule has 3 N–H and O–H groups in total. The summed E-state index contributed by atoms with van der Waals surface area (Å²) in [6, 6.07) is 39.8. The van der Waals surface area contributed by atoms with Crippen molar-refractivity contribution in [2.24, 2.45) is 0 Å². The van der Waals surface area contributed by atoms with Gasteiger partial charge < -0.3 is 25.4 Å². The van der Waals surface area contributed by atoms with Gasteiger partial charge in [0.25, 0.3) is 11.8 Å². The minimum atomic E-state index is -0.548.